The minimum atomic E-state index is -0.186. The van der Waals surface area contributed by atoms with E-state index in [4.69, 9.17) is 9.84 Å². The second-order valence-corrected chi connectivity index (χ2v) is 4.83. The molecule has 1 aliphatic heterocycles. The quantitative estimate of drug-likeness (QED) is 0.784. The molecular formula is C12H23NO3. The minimum absolute atomic E-state index is 0.186. The Hall–Kier alpha value is -0.770. The predicted octanol–water partition coefficient (Wildman–Crippen LogP) is 2.02. The van der Waals surface area contributed by atoms with Gasteiger partial charge in [-0.25, -0.2) is 4.79 Å². The summed E-state index contributed by atoms with van der Waals surface area (Å²) in [5.41, 5.74) is 0. The van der Waals surface area contributed by atoms with Gasteiger partial charge >= 0.3 is 6.09 Å². The van der Waals surface area contributed by atoms with Crippen LogP contribution in [0.4, 0.5) is 4.79 Å². The molecule has 1 unspecified atom stereocenters. The lowest BCUT2D eigenvalue weighted by molar-refractivity contribution is 0.0857. The fraction of sp³-hybridized carbons (Fsp3) is 0.917. The topological polar surface area (TPSA) is 49.8 Å². The first kappa shape index (κ1) is 13.3. The van der Waals surface area contributed by atoms with Gasteiger partial charge in [-0.1, -0.05) is 13.8 Å². The Morgan fingerprint density at radius 2 is 2.31 bits per heavy atom. The Morgan fingerprint density at radius 3 is 2.94 bits per heavy atom. The normalized spacial score (nSPS) is 20.5. The molecule has 16 heavy (non-hydrogen) atoms. The van der Waals surface area contributed by atoms with Crippen molar-refractivity contribution in [2.24, 2.45) is 5.92 Å². The SMILES string of the molecule is CC(C)COC(=O)N1CCCC1CCCO. The van der Waals surface area contributed by atoms with Gasteiger partial charge in [-0.3, -0.25) is 0 Å². The van der Waals surface area contributed by atoms with E-state index in [2.05, 4.69) is 0 Å². The number of aliphatic hydroxyl groups excluding tert-OH is 1. The van der Waals surface area contributed by atoms with Crippen molar-refractivity contribution in [3.05, 3.63) is 0 Å². The summed E-state index contributed by atoms with van der Waals surface area (Å²) in [6.45, 7) is 5.54. The summed E-state index contributed by atoms with van der Waals surface area (Å²) >= 11 is 0. The number of likely N-dealkylation sites (tertiary alicyclic amines) is 1. The van der Waals surface area contributed by atoms with Crippen LogP contribution in [0.15, 0.2) is 0 Å². The molecule has 0 spiro atoms. The van der Waals surface area contributed by atoms with Gasteiger partial charge in [0.05, 0.1) is 6.61 Å². The minimum Gasteiger partial charge on any atom is -0.449 e. The van der Waals surface area contributed by atoms with Crippen molar-refractivity contribution in [2.45, 2.75) is 45.6 Å². The van der Waals surface area contributed by atoms with Gasteiger partial charge in [0.25, 0.3) is 0 Å². The van der Waals surface area contributed by atoms with Crippen molar-refractivity contribution >= 4 is 6.09 Å². The molecule has 94 valence electrons. The number of carbonyl (C=O) groups is 1. The maximum Gasteiger partial charge on any atom is 0.410 e. The molecule has 0 aliphatic carbocycles. The fourth-order valence-corrected chi connectivity index (χ4v) is 2.02. The molecule has 0 aromatic heterocycles. The third kappa shape index (κ3) is 4.00. The largest absolute Gasteiger partial charge is 0.449 e. The van der Waals surface area contributed by atoms with E-state index in [-0.39, 0.29) is 18.7 Å². The summed E-state index contributed by atoms with van der Waals surface area (Å²) in [7, 11) is 0. The number of rotatable bonds is 5. The molecule has 0 radical (unpaired) electrons. The highest BCUT2D eigenvalue weighted by Crippen LogP contribution is 2.22. The van der Waals surface area contributed by atoms with Crippen molar-refractivity contribution < 1.29 is 14.6 Å². The van der Waals surface area contributed by atoms with Crippen LogP contribution in [0.1, 0.15) is 39.5 Å². The average molecular weight is 229 g/mol. The van der Waals surface area contributed by atoms with E-state index in [1.807, 2.05) is 18.7 Å². The second kappa shape index (κ2) is 6.74. The molecule has 1 aliphatic rings. The van der Waals surface area contributed by atoms with Crippen LogP contribution in [0.5, 0.6) is 0 Å². The van der Waals surface area contributed by atoms with Gasteiger partial charge in [0.1, 0.15) is 0 Å². The molecule has 4 nitrogen and oxygen atoms in total. The summed E-state index contributed by atoms with van der Waals surface area (Å²) in [4.78, 5) is 13.6. The van der Waals surface area contributed by atoms with Crippen LogP contribution >= 0.6 is 0 Å². The van der Waals surface area contributed by atoms with Gasteiger partial charge in [0.15, 0.2) is 0 Å². The predicted molar refractivity (Wildman–Crippen MR) is 62.2 cm³/mol. The molecule has 4 heteroatoms. The van der Waals surface area contributed by atoms with Crippen molar-refractivity contribution in [1.29, 1.82) is 0 Å². The maximum absolute atomic E-state index is 11.8. The lowest BCUT2D eigenvalue weighted by atomic mass is 10.1. The van der Waals surface area contributed by atoms with Crippen LogP contribution in [0.3, 0.4) is 0 Å². The number of amides is 1. The van der Waals surface area contributed by atoms with E-state index in [1.165, 1.54) is 0 Å². The third-order valence-electron chi connectivity index (χ3n) is 2.85. The van der Waals surface area contributed by atoms with Crippen molar-refractivity contribution in [3.8, 4) is 0 Å². The first-order valence-electron chi connectivity index (χ1n) is 6.19. The van der Waals surface area contributed by atoms with E-state index < -0.39 is 0 Å². The van der Waals surface area contributed by atoms with Crippen LogP contribution in [0.25, 0.3) is 0 Å². The molecular weight excluding hydrogens is 206 g/mol. The van der Waals surface area contributed by atoms with E-state index in [0.717, 1.165) is 32.2 Å². The van der Waals surface area contributed by atoms with Gasteiger partial charge in [0.2, 0.25) is 0 Å². The highest BCUT2D eigenvalue weighted by Gasteiger charge is 2.29. The molecule has 1 fully saturated rings. The Balaban J connectivity index is 2.35. The molecule has 0 saturated carbocycles. The van der Waals surface area contributed by atoms with E-state index in [1.54, 1.807) is 0 Å². The molecule has 1 N–H and O–H groups in total. The van der Waals surface area contributed by atoms with Gasteiger partial charge in [-0.2, -0.15) is 0 Å². The molecule has 1 amide bonds. The van der Waals surface area contributed by atoms with E-state index in [0.29, 0.717) is 12.5 Å². The van der Waals surface area contributed by atoms with Crippen molar-refractivity contribution in [3.63, 3.8) is 0 Å². The number of hydrogen-bond acceptors (Lipinski definition) is 3. The van der Waals surface area contributed by atoms with Crippen LogP contribution < -0.4 is 0 Å². The Morgan fingerprint density at radius 1 is 1.56 bits per heavy atom. The maximum atomic E-state index is 11.8. The molecule has 1 rings (SSSR count). The molecule has 1 heterocycles. The number of nitrogens with zero attached hydrogens (tertiary/aromatic N) is 1. The zero-order valence-electron chi connectivity index (χ0n) is 10.3. The zero-order valence-corrected chi connectivity index (χ0v) is 10.3. The smallest absolute Gasteiger partial charge is 0.410 e. The molecule has 0 aromatic rings. The summed E-state index contributed by atoms with van der Waals surface area (Å²) in [5.74, 6) is 0.377. The lowest BCUT2D eigenvalue weighted by Gasteiger charge is -2.24. The average Bonchev–Trinajstić information content (AvgIpc) is 2.71. The third-order valence-corrected chi connectivity index (χ3v) is 2.85. The van der Waals surface area contributed by atoms with Gasteiger partial charge < -0.3 is 14.7 Å². The lowest BCUT2D eigenvalue weighted by Crippen LogP contribution is -2.36. The van der Waals surface area contributed by atoms with Crippen LogP contribution in [-0.4, -0.2) is 41.9 Å². The first-order valence-corrected chi connectivity index (χ1v) is 6.19. The Kier molecular flexibility index (Phi) is 5.60. The highest BCUT2D eigenvalue weighted by atomic mass is 16.6. The highest BCUT2D eigenvalue weighted by molar-refractivity contribution is 5.68. The zero-order chi connectivity index (χ0) is 12.0. The molecule has 1 saturated heterocycles. The van der Waals surface area contributed by atoms with Crippen LogP contribution in [-0.2, 0) is 4.74 Å². The standard InChI is InChI=1S/C12H23NO3/c1-10(2)9-16-12(15)13-7-3-5-11(13)6-4-8-14/h10-11,14H,3-9H2,1-2H3. The molecule has 0 aromatic carbocycles. The Labute approximate surface area is 97.6 Å². The monoisotopic (exact) mass is 229 g/mol. The number of hydrogen-bond donors (Lipinski definition) is 1. The summed E-state index contributed by atoms with van der Waals surface area (Å²) in [5, 5.41) is 8.79. The summed E-state index contributed by atoms with van der Waals surface area (Å²) in [6.07, 6.45) is 3.55. The number of ether oxygens (including phenoxy) is 1. The molecule has 1 atom stereocenters. The Bertz CT molecular complexity index is 218. The van der Waals surface area contributed by atoms with Gasteiger partial charge in [-0.05, 0) is 31.6 Å². The second-order valence-electron chi connectivity index (χ2n) is 4.83. The van der Waals surface area contributed by atoms with Gasteiger partial charge in [-0.15, -0.1) is 0 Å². The number of carbonyl (C=O) groups excluding carboxylic acids is 1. The van der Waals surface area contributed by atoms with Gasteiger partial charge in [0, 0.05) is 19.2 Å². The summed E-state index contributed by atoms with van der Waals surface area (Å²) < 4.78 is 5.22. The van der Waals surface area contributed by atoms with Crippen LogP contribution in [0.2, 0.25) is 0 Å². The fourth-order valence-electron chi connectivity index (χ4n) is 2.02. The van der Waals surface area contributed by atoms with E-state index in [9.17, 15) is 4.79 Å². The number of aliphatic hydroxyl groups is 1. The van der Waals surface area contributed by atoms with Crippen molar-refractivity contribution in [1.82, 2.24) is 4.90 Å². The van der Waals surface area contributed by atoms with E-state index >= 15 is 0 Å². The molecule has 0 bridgehead atoms. The summed E-state index contributed by atoms with van der Waals surface area (Å²) in [6, 6.07) is 0.270. The van der Waals surface area contributed by atoms with Crippen molar-refractivity contribution in [2.75, 3.05) is 19.8 Å². The van der Waals surface area contributed by atoms with Crippen LogP contribution in [0, 0.1) is 5.92 Å². The first-order chi connectivity index (χ1) is 7.65.